The fraction of sp³-hybridized carbons (Fsp3) is 0. The van der Waals surface area contributed by atoms with Crippen LogP contribution in [0, 0.1) is 0 Å². The lowest BCUT2D eigenvalue weighted by molar-refractivity contribution is 0.669. The lowest BCUT2D eigenvalue weighted by Gasteiger charge is -2.16. The van der Waals surface area contributed by atoms with Crippen LogP contribution < -0.4 is 0 Å². The number of hydrogen-bond acceptors (Lipinski definition) is 4. The van der Waals surface area contributed by atoms with Gasteiger partial charge in [-0.15, -0.1) is 0 Å². The second kappa shape index (κ2) is 12.4. The Bertz CT molecular complexity index is 3540. The van der Waals surface area contributed by atoms with Crippen LogP contribution in [0.25, 0.3) is 121 Å². The molecule has 0 amide bonds. The molecule has 0 radical (unpaired) electrons. The van der Waals surface area contributed by atoms with Crippen molar-refractivity contribution in [2.24, 2.45) is 0 Å². The first-order valence-electron chi connectivity index (χ1n) is 19.3. The standard InChI is InChI=1S/C53H31N3O/c1-2-14-34-30-37(27-26-32(34)12-1)52-54-51(55-53(56-52)45-24-10-15-33-13-3-4-18-38(33)45)36-17-9-16-35(31-36)39-19-5-6-20-40(39)44-28-29-47-50-48(44)42-22-8-7-21-41(42)43-23-11-25-46(57-47)49(43)50/h1-31H. The first kappa shape index (κ1) is 31.6. The molecule has 0 fully saturated rings. The highest BCUT2D eigenvalue weighted by Gasteiger charge is 2.22. The van der Waals surface area contributed by atoms with Gasteiger partial charge in [0.05, 0.1) is 0 Å². The molecule has 10 aromatic carbocycles. The summed E-state index contributed by atoms with van der Waals surface area (Å²) in [5, 5.41) is 11.8. The highest BCUT2D eigenvalue weighted by atomic mass is 16.3. The Kier molecular flexibility index (Phi) is 6.89. The van der Waals surface area contributed by atoms with Gasteiger partial charge in [-0.25, -0.2) is 15.0 Å². The lowest BCUT2D eigenvalue weighted by atomic mass is 9.87. The molecule has 12 rings (SSSR count). The molecule has 2 aromatic heterocycles. The van der Waals surface area contributed by atoms with Gasteiger partial charge in [0.25, 0.3) is 0 Å². The molecule has 0 N–H and O–H groups in total. The van der Waals surface area contributed by atoms with E-state index in [2.05, 4.69) is 188 Å². The van der Waals surface area contributed by atoms with Crippen molar-refractivity contribution in [1.29, 1.82) is 0 Å². The predicted octanol–water partition coefficient (Wildman–Crippen LogP) is 14.2. The van der Waals surface area contributed by atoms with E-state index in [0.717, 1.165) is 60.7 Å². The minimum atomic E-state index is 0.623. The monoisotopic (exact) mass is 725 g/mol. The minimum Gasteiger partial charge on any atom is -0.456 e. The van der Waals surface area contributed by atoms with Crippen LogP contribution in [-0.4, -0.2) is 15.0 Å². The first-order valence-corrected chi connectivity index (χ1v) is 19.3. The third-order valence-corrected chi connectivity index (χ3v) is 11.5. The smallest absolute Gasteiger partial charge is 0.164 e. The number of hydrogen-bond donors (Lipinski definition) is 0. The first-order chi connectivity index (χ1) is 28.2. The van der Waals surface area contributed by atoms with Crippen LogP contribution in [0.2, 0.25) is 0 Å². The zero-order valence-corrected chi connectivity index (χ0v) is 30.6. The van der Waals surface area contributed by atoms with E-state index in [4.69, 9.17) is 19.4 Å². The third-order valence-electron chi connectivity index (χ3n) is 11.5. The maximum Gasteiger partial charge on any atom is 0.164 e. The van der Waals surface area contributed by atoms with Gasteiger partial charge in [-0.05, 0) is 90.3 Å². The van der Waals surface area contributed by atoms with Crippen molar-refractivity contribution in [1.82, 2.24) is 15.0 Å². The largest absolute Gasteiger partial charge is 0.456 e. The molecule has 264 valence electrons. The van der Waals surface area contributed by atoms with Gasteiger partial charge in [-0.3, -0.25) is 0 Å². The van der Waals surface area contributed by atoms with Crippen molar-refractivity contribution in [2.45, 2.75) is 0 Å². The van der Waals surface area contributed by atoms with Gasteiger partial charge in [-0.1, -0.05) is 158 Å². The quantitative estimate of drug-likeness (QED) is 0.166. The maximum atomic E-state index is 6.46. The van der Waals surface area contributed by atoms with Crippen LogP contribution in [-0.2, 0) is 0 Å². The van der Waals surface area contributed by atoms with Crippen LogP contribution in [0.4, 0.5) is 0 Å². The van der Waals surface area contributed by atoms with Crippen LogP contribution in [0.3, 0.4) is 0 Å². The molecule has 0 aliphatic carbocycles. The van der Waals surface area contributed by atoms with Crippen molar-refractivity contribution in [3.05, 3.63) is 188 Å². The molecule has 4 nitrogen and oxygen atoms in total. The molecule has 0 saturated heterocycles. The minimum absolute atomic E-state index is 0.623. The Morgan fingerprint density at radius 1 is 0.281 bits per heavy atom. The molecular weight excluding hydrogens is 695 g/mol. The highest BCUT2D eigenvalue weighted by Crippen LogP contribution is 2.47. The van der Waals surface area contributed by atoms with Gasteiger partial charge >= 0.3 is 0 Å². The van der Waals surface area contributed by atoms with Crippen molar-refractivity contribution in [3.63, 3.8) is 0 Å². The number of fused-ring (bicyclic) bond motifs is 5. The van der Waals surface area contributed by atoms with E-state index in [1.54, 1.807) is 0 Å². The Morgan fingerprint density at radius 3 is 1.74 bits per heavy atom. The number of benzene rings is 10. The number of aromatic nitrogens is 3. The van der Waals surface area contributed by atoms with Crippen LogP contribution in [0.1, 0.15) is 0 Å². The van der Waals surface area contributed by atoms with Gasteiger partial charge in [0.1, 0.15) is 11.2 Å². The summed E-state index contributed by atoms with van der Waals surface area (Å²) in [5.74, 6) is 1.90. The van der Waals surface area contributed by atoms with Gasteiger partial charge in [0.15, 0.2) is 17.5 Å². The summed E-state index contributed by atoms with van der Waals surface area (Å²) in [6.07, 6.45) is 0. The maximum absolute atomic E-state index is 6.46. The van der Waals surface area contributed by atoms with Crippen molar-refractivity contribution in [3.8, 4) is 56.4 Å². The molecule has 0 atom stereocenters. The summed E-state index contributed by atoms with van der Waals surface area (Å²) in [6, 6.07) is 66.3. The molecule has 0 aliphatic rings. The summed E-state index contributed by atoms with van der Waals surface area (Å²) in [5.41, 5.74) is 9.19. The summed E-state index contributed by atoms with van der Waals surface area (Å²) in [4.78, 5) is 15.5. The fourth-order valence-corrected chi connectivity index (χ4v) is 8.87. The van der Waals surface area contributed by atoms with Crippen LogP contribution in [0.5, 0.6) is 0 Å². The van der Waals surface area contributed by atoms with Gasteiger partial charge in [-0.2, -0.15) is 0 Å². The Balaban J connectivity index is 1.06. The normalized spacial score (nSPS) is 11.9. The van der Waals surface area contributed by atoms with Gasteiger partial charge in [0, 0.05) is 32.8 Å². The molecule has 0 bridgehead atoms. The summed E-state index contributed by atoms with van der Waals surface area (Å²) >= 11 is 0. The zero-order valence-electron chi connectivity index (χ0n) is 30.6. The molecule has 4 heteroatoms. The van der Waals surface area contributed by atoms with E-state index >= 15 is 0 Å². The molecule has 0 spiro atoms. The van der Waals surface area contributed by atoms with Crippen LogP contribution in [0.15, 0.2) is 192 Å². The van der Waals surface area contributed by atoms with Crippen LogP contribution >= 0.6 is 0 Å². The average molecular weight is 726 g/mol. The van der Waals surface area contributed by atoms with E-state index in [-0.39, 0.29) is 0 Å². The van der Waals surface area contributed by atoms with E-state index in [1.165, 1.54) is 43.3 Å². The van der Waals surface area contributed by atoms with E-state index in [1.807, 2.05) is 0 Å². The molecule has 57 heavy (non-hydrogen) atoms. The Morgan fingerprint density at radius 2 is 0.860 bits per heavy atom. The molecular formula is C53H31N3O. The average Bonchev–Trinajstić information content (AvgIpc) is 3.67. The zero-order chi connectivity index (χ0) is 37.5. The number of rotatable bonds is 5. The molecule has 0 aliphatic heterocycles. The second-order valence-corrected chi connectivity index (χ2v) is 14.7. The SMILES string of the molecule is c1cc(-c2nc(-c3ccc4ccccc4c3)nc(-c3cccc4ccccc34)n2)cc(-c2ccccc2-c2ccc3oc4cccc5c6ccccc6c2c3c45)c1. The van der Waals surface area contributed by atoms with E-state index in [0.29, 0.717) is 17.5 Å². The second-order valence-electron chi connectivity index (χ2n) is 14.7. The number of furan rings is 1. The van der Waals surface area contributed by atoms with Crippen molar-refractivity contribution in [2.75, 3.05) is 0 Å². The molecule has 2 heterocycles. The molecule has 0 saturated carbocycles. The van der Waals surface area contributed by atoms with E-state index in [9.17, 15) is 0 Å². The fourth-order valence-electron chi connectivity index (χ4n) is 8.87. The van der Waals surface area contributed by atoms with Crippen molar-refractivity contribution >= 4 is 65.0 Å². The Hall–Kier alpha value is -7.69. The topological polar surface area (TPSA) is 51.8 Å². The van der Waals surface area contributed by atoms with Gasteiger partial charge in [0.2, 0.25) is 0 Å². The Labute approximate surface area is 327 Å². The summed E-state index contributed by atoms with van der Waals surface area (Å²) in [7, 11) is 0. The predicted molar refractivity (Wildman–Crippen MR) is 235 cm³/mol. The lowest BCUT2D eigenvalue weighted by Crippen LogP contribution is -2.01. The van der Waals surface area contributed by atoms with E-state index < -0.39 is 0 Å². The van der Waals surface area contributed by atoms with Crippen molar-refractivity contribution < 1.29 is 4.42 Å². The summed E-state index contributed by atoms with van der Waals surface area (Å²) in [6.45, 7) is 0. The third kappa shape index (κ3) is 4.98. The highest BCUT2D eigenvalue weighted by molar-refractivity contribution is 6.35. The molecule has 12 aromatic rings. The van der Waals surface area contributed by atoms with Gasteiger partial charge < -0.3 is 4.42 Å². The summed E-state index contributed by atoms with van der Waals surface area (Å²) < 4.78 is 6.46. The number of nitrogens with zero attached hydrogens (tertiary/aromatic N) is 3. The molecule has 0 unspecified atom stereocenters.